The van der Waals surface area contributed by atoms with E-state index < -0.39 is 0 Å². The van der Waals surface area contributed by atoms with Gasteiger partial charge in [-0.3, -0.25) is 0 Å². The molecule has 1 unspecified atom stereocenters. The Bertz CT molecular complexity index is 147. The molecule has 0 spiro atoms. The monoisotopic (exact) mass is 202 g/mol. The number of aliphatic hydroxyl groups is 1. The topological polar surface area (TPSA) is 58.7 Å². The van der Waals surface area contributed by atoms with E-state index in [1.807, 2.05) is 6.92 Å². The third-order valence-corrected chi connectivity index (χ3v) is 2.68. The van der Waals surface area contributed by atoms with Gasteiger partial charge in [0.2, 0.25) is 0 Å². The minimum absolute atomic E-state index is 0.353. The zero-order valence-electron chi connectivity index (χ0n) is 8.98. The normalized spacial score (nSPS) is 22.5. The highest BCUT2D eigenvalue weighted by Gasteiger charge is 2.20. The summed E-state index contributed by atoms with van der Waals surface area (Å²) in [6, 6.07) is 0. The van der Waals surface area contributed by atoms with Crippen LogP contribution in [0.2, 0.25) is 0 Å². The van der Waals surface area contributed by atoms with E-state index in [4.69, 9.17) is 10.5 Å². The molecule has 1 saturated heterocycles. The molecule has 0 amide bonds. The number of nitrogens with zero attached hydrogens (tertiary/aromatic N) is 1. The molecule has 4 nitrogen and oxygen atoms in total. The van der Waals surface area contributed by atoms with Gasteiger partial charge in [-0.05, 0) is 19.8 Å². The zero-order valence-corrected chi connectivity index (χ0v) is 8.98. The Kier molecular flexibility index (Phi) is 5.40. The van der Waals surface area contributed by atoms with Crippen molar-refractivity contribution in [3.05, 3.63) is 0 Å². The maximum Gasteiger partial charge on any atom is 0.0789 e. The van der Waals surface area contributed by atoms with Crippen molar-refractivity contribution in [1.29, 1.82) is 0 Å². The van der Waals surface area contributed by atoms with Crippen LogP contribution in [-0.2, 0) is 4.74 Å². The Morgan fingerprint density at radius 2 is 2.14 bits per heavy atom. The van der Waals surface area contributed by atoms with Crippen LogP contribution >= 0.6 is 0 Å². The van der Waals surface area contributed by atoms with Crippen molar-refractivity contribution < 1.29 is 9.84 Å². The fourth-order valence-corrected chi connectivity index (χ4v) is 1.87. The molecule has 1 heterocycles. The maximum atomic E-state index is 9.38. The van der Waals surface area contributed by atoms with Crippen molar-refractivity contribution >= 4 is 0 Å². The molecule has 3 N–H and O–H groups in total. The average Bonchev–Trinajstić information content (AvgIpc) is 2.21. The Morgan fingerprint density at radius 1 is 1.50 bits per heavy atom. The summed E-state index contributed by atoms with van der Waals surface area (Å²) in [5, 5.41) is 9.38. The van der Waals surface area contributed by atoms with Crippen molar-refractivity contribution in [3.8, 4) is 0 Å². The summed E-state index contributed by atoms with van der Waals surface area (Å²) in [4.78, 5) is 2.26. The Balaban J connectivity index is 2.15. The van der Waals surface area contributed by atoms with Crippen LogP contribution in [0.15, 0.2) is 0 Å². The van der Waals surface area contributed by atoms with Crippen molar-refractivity contribution in [2.75, 3.05) is 32.8 Å². The predicted molar refractivity (Wildman–Crippen MR) is 56.1 cm³/mol. The van der Waals surface area contributed by atoms with Crippen LogP contribution in [-0.4, -0.2) is 55.0 Å². The van der Waals surface area contributed by atoms with Crippen LogP contribution in [0.4, 0.5) is 0 Å². The van der Waals surface area contributed by atoms with Gasteiger partial charge in [0, 0.05) is 32.8 Å². The summed E-state index contributed by atoms with van der Waals surface area (Å²) in [6.45, 7) is 5.92. The fraction of sp³-hybridized carbons (Fsp3) is 1.00. The molecular formula is C10H22N2O2. The van der Waals surface area contributed by atoms with Gasteiger partial charge in [0.25, 0.3) is 0 Å². The van der Waals surface area contributed by atoms with E-state index in [-0.39, 0.29) is 6.10 Å². The lowest BCUT2D eigenvalue weighted by atomic mass is 10.1. The first kappa shape index (κ1) is 11.9. The standard InChI is InChI=1S/C10H22N2O2/c1-2-14-10-3-5-12(6-4-10)8-9(13)7-11/h9-10,13H,2-8,11H2,1H3. The number of likely N-dealkylation sites (tertiary alicyclic amines) is 1. The third kappa shape index (κ3) is 3.92. The molecule has 1 aliphatic rings. The molecule has 84 valence electrons. The highest BCUT2D eigenvalue weighted by molar-refractivity contribution is 4.74. The molecule has 14 heavy (non-hydrogen) atoms. The van der Waals surface area contributed by atoms with Crippen molar-refractivity contribution in [2.24, 2.45) is 5.73 Å². The van der Waals surface area contributed by atoms with Gasteiger partial charge in [0.05, 0.1) is 12.2 Å². The zero-order chi connectivity index (χ0) is 10.4. The fourth-order valence-electron chi connectivity index (χ4n) is 1.87. The Morgan fingerprint density at radius 3 is 2.64 bits per heavy atom. The number of rotatable bonds is 5. The van der Waals surface area contributed by atoms with Gasteiger partial charge in [-0.1, -0.05) is 0 Å². The summed E-state index contributed by atoms with van der Waals surface area (Å²) < 4.78 is 5.55. The first-order chi connectivity index (χ1) is 6.76. The first-order valence-electron chi connectivity index (χ1n) is 5.48. The van der Waals surface area contributed by atoms with Gasteiger partial charge >= 0.3 is 0 Å². The molecule has 0 aromatic rings. The lowest BCUT2D eigenvalue weighted by Crippen LogP contribution is -2.42. The molecular weight excluding hydrogens is 180 g/mol. The lowest BCUT2D eigenvalue weighted by Gasteiger charge is -2.32. The van der Waals surface area contributed by atoms with Crippen LogP contribution < -0.4 is 5.73 Å². The number of ether oxygens (including phenoxy) is 1. The molecule has 0 aliphatic carbocycles. The summed E-state index contributed by atoms with van der Waals surface area (Å²) in [5.74, 6) is 0. The van der Waals surface area contributed by atoms with Gasteiger partial charge in [-0.2, -0.15) is 0 Å². The summed E-state index contributed by atoms with van der Waals surface area (Å²) in [7, 11) is 0. The molecule has 0 saturated carbocycles. The molecule has 1 aliphatic heterocycles. The largest absolute Gasteiger partial charge is 0.390 e. The minimum atomic E-state index is -0.376. The van der Waals surface area contributed by atoms with Crippen molar-refractivity contribution in [1.82, 2.24) is 4.90 Å². The van der Waals surface area contributed by atoms with Crippen LogP contribution in [0.1, 0.15) is 19.8 Å². The van der Waals surface area contributed by atoms with Crippen LogP contribution in [0, 0.1) is 0 Å². The molecule has 1 atom stereocenters. The number of nitrogens with two attached hydrogens (primary N) is 1. The number of hydrogen-bond acceptors (Lipinski definition) is 4. The molecule has 0 aromatic carbocycles. The predicted octanol–water partition coefficient (Wildman–Crippen LogP) is -0.193. The molecule has 0 radical (unpaired) electrons. The number of hydrogen-bond donors (Lipinski definition) is 2. The maximum absolute atomic E-state index is 9.38. The van der Waals surface area contributed by atoms with E-state index in [1.165, 1.54) is 0 Å². The quantitative estimate of drug-likeness (QED) is 0.648. The van der Waals surface area contributed by atoms with E-state index in [2.05, 4.69) is 4.90 Å². The number of aliphatic hydroxyl groups excluding tert-OH is 1. The minimum Gasteiger partial charge on any atom is -0.390 e. The smallest absolute Gasteiger partial charge is 0.0789 e. The number of β-amino-alcohol motifs (C(OH)–C–C–N with tert-alkyl or cyclic N) is 1. The van der Waals surface area contributed by atoms with Gasteiger partial charge in [0.15, 0.2) is 0 Å². The summed E-state index contributed by atoms with van der Waals surface area (Å²) in [5.41, 5.74) is 5.36. The van der Waals surface area contributed by atoms with Crippen LogP contribution in [0.5, 0.6) is 0 Å². The Labute approximate surface area is 86.0 Å². The SMILES string of the molecule is CCOC1CCN(CC(O)CN)CC1. The second-order valence-corrected chi connectivity index (χ2v) is 3.84. The van der Waals surface area contributed by atoms with E-state index in [0.29, 0.717) is 19.2 Å². The van der Waals surface area contributed by atoms with Gasteiger partial charge in [-0.25, -0.2) is 0 Å². The first-order valence-corrected chi connectivity index (χ1v) is 5.48. The second-order valence-electron chi connectivity index (χ2n) is 3.84. The van der Waals surface area contributed by atoms with Gasteiger partial charge in [-0.15, -0.1) is 0 Å². The van der Waals surface area contributed by atoms with E-state index in [0.717, 1.165) is 32.5 Å². The van der Waals surface area contributed by atoms with E-state index >= 15 is 0 Å². The summed E-state index contributed by atoms with van der Waals surface area (Å²) in [6.07, 6.45) is 2.20. The van der Waals surface area contributed by atoms with Gasteiger partial charge < -0.3 is 20.5 Å². The van der Waals surface area contributed by atoms with Gasteiger partial charge in [0.1, 0.15) is 0 Å². The van der Waals surface area contributed by atoms with Crippen LogP contribution in [0.25, 0.3) is 0 Å². The van der Waals surface area contributed by atoms with Crippen molar-refractivity contribution in [3.63, 3.8) is 0 Å². The lowest BCUT2D eigenvalue weighted by molar-refractivity contribution is 0.00438. The molecule has 1 rings (SSSR count). The third-order valence-electron chi connectivity index (χ3n) is 2.68. The van der Waals surface area contributed by atoms with E-state index in [1.54, 1.807) is 0 Å². The molecule has 1 fully saturated rings. The van der Waals surface area contributed by atoms with Crippen LogP contribution in [0.3, 0.4) is 0 Å². The molecule has 0 bridgehead atoms. The van der Waals surface area contributed by atoms with E-state index in [9.17, 15) is 5.11 Å². The molecule has 4 heteroatoms. The summed E-state index contributed by atoms with van der Waals surface area (Å²) >= 11 is 0. The highest BCUT2D eigenvalue weighted by Crippen LogP contribution is 2.13. The molecule has 0 aromatic heterocycles. The average molecular weight is 202 g/mol. The van der Waals surface area contributed by atoms with Crippen molar-refractivity contribution in [2.45, 2.75) is 32.0 Å². The highest BCUT2D eigenvalue weighted by atomic mass is 16.5. The second kappa shape index (κ2) is 6.35. The Hall–Kier alpha value is -0.160. The number of piperidine rings is 1.